The zero-order valence-corrected chi connectivity index (χ0v) is 13.6. The van der Waals surface area contributed by atoms with E-state index < -0.39 is 30.3 Å². The number of hydrogen-bond donors (Lipinski definition) is 1. The van der Waals surface area contributed by atoms with Gasteiger partial charge in [-0.1, -0.05) is 20.8 Å². The predicted molar refractivity (Wildman–Crippen MR) is 76.9 cm³/mol. The van der Waals surface area contributed by atoms with Crippen molar-refractivity contribution in [3.63, 3.8) is 0 Å². The summed E-state index contributed by atoms with van der Waals surface area (Å²) >= 11 is 0. The fourth-order valence-electron chi connectivity index (χ4n) is 2.96. The smallest absolute Gasteiger partial charge is 0.407 e. The lowest BCUT2D eigenvalue weighted by Crippen LogP contribution is -2.52. The molecule has 1 aliphatic heterocycles. The topological polar surface area (TPSA) is 66.8 Å². The minimum Gasteiger partial charge on any atom is -0.465 e. The molecule has 1 heterocycles. The van der Waals surface area contributed by atoms with Crippen LogP contribution in [0.15, 0.2) is 0 Å². The predicted octanol–water partition coefficient (Wildman–Crippen LogP) is 3.38. The van der Waals surface area contributed by atoms with Crippen LogP contribution in [0.25, 0.3) is 0 Å². The van der Waals surface area contributed by atoms with Crippen molar-refractivity contribution in [3.05, 3.63) is 0 Å². The number of likely N-dealkylation sites (tertiary alicyclic amines) is 1. The molecule has 0 saturated carbocycles. The summed E-state index contributed by atoms with van der Waals surface area (Å²) in [6.45, 7) is 7.27. The lowest BCUT2D eigenvalue weighted by Gasteiger charge is -2.45. The van der Waals surface area contributed by atoms with Crippen LogP contribution in [-0.4, -0.2) is 47.2 Å². The zero-order chi connectivity index (χ0) is 17.1. The molecule has 1 N–H and O–H groups in total. The van der Waals surface area contributed by atoms with E-state index in [0.717, 1.165) is 0 Å². The van der Waals surface area contributed by atoms with Gasteiger partial charge in [-0.15, -0.1) is 0 Å². The molecule has 0 aromatic heterocycles. The van der Waals surface area contributed by atoms with Crippen LogP contribution in [0, 0.1) is 11.3 Å². The number of esters is 1. The molecule has 2 atom stereocenters. The fraction of sp³-hybridized carbons (Fsp3) is 0.867. The quantitative estimate of drug-likeness (QED) is 0.806. The summed E-state index contributed by atoms with van der Waals surface area (Å²) in [5.74, 6) is -5.42. The van der Waals surface area contributed by atoms with Crippen molar-refractivity contribution >= 4 is 12.1 Å². The van der Waals surface area contributed by atoms with Crippen LogP contribution >= 0.6 is 0 Å². The SMILES string of the molecule is CCOC(=O)C(F)(F)CC1CCN(C(=O)O)C(C(C)(C)C)C1. The number of piperidine rings is 1. The van der Waals surface area contributed by atoms with Crippen LogP contribution in [0.3, 0.4) is 0 Å². The molecule has 7 heteroatoms. The van der Waals surface area contributed by atoms with Crippen molar-refractivity contribution in [2.75, 3.05) is 13.2 Å². The highest BCUT2D eigenvalue weighted by Gasteiger charge is 2.46. The molecule has 0 radical (unpaired) electrons. The number of halogens is 2. The first kappa shape index (κ1) is 18.6. The van der Waals surface area contributed by atoms with Gasteiger partial charge in [-0.25, -0.2) is 9.59 Å². The van der Waals surface area contributed by atoms with Crippen molar-refractivity contribution in [2.24, 2.45) is 11.3 Å². The number of ether oxygens (including phenoxy) is 1. The monoisotopic (exact) mass is 321 g/mol. The van der Waals surface area contributed by atoms with E-state index in [4.69, 9.17) is 0 Å². The summed E-state index contributed by atoms with van der Waals surface area (Å²) in [6, 6.07) is -0.346. The molecule has 1 amide bonds. The number of nitrogens with zero attached hydrogens (tertiary/aromatic N) is 1. The second-order valence-electron chi connectivity index (χ2n) is 6.88. The molecule has 0 aromatic carbocycles. The molecule has 0 aromatic rings. The first-order valence-corrected chi connectivity index (χ1v) is 7.53. The van der Waals surface area contributed by atoms with E-state index in [-0.39, 0.29) is 24.6 Å². The Balaban J connectivity index is 2.79. The molecule has 1 fully saturated rings. The Morgan fingerprint density at radius 2 is 1.91 bits per heavy atom. The number of amides is 1. The third kappa shape index (κ3) is 4.55. The maximum atomic E-state index is 13.9. The second-order valence-corrected chi connectivity index (χ2v) is 6.88. The number of hydrogen-bond acceptors (Lipinski definition) is 3. The fourth-order valence-corrected chi connectivity index (χ4v) is 2.96. The normalized spacial score (nSPS) is 23.3. The molecule has 0 bridgehead atoms. The van der Waals surface area contributed by atoms with Crippen LogP contribution in [0.5, 0.6) is 0 Å². The van der Waals surface area contributed by atoms with Crippen LogP contribution in [0.4, 0.5) is 13.6 Å². The lowest BCUT2D eigenvalue weighted by molar-refractivity contribution is -0.174. The molecule has 0 aliphatic carbocycles. The van der Waals surface area contributed by atoms with E-state index in [1.165, 1.54) is 11.8 Å². The Bertz CT molecular complexity index is 420. The van der Waals surface area contributed by atoms with Gasteiger partial charge < -0.3 is 14.7 Å². The van der Waals surface area contributed by atoms with E-state index in [2.05, 4.69) is 4.74 Å². The highest BCUT2D eigenvalue weighted by atomic mass is 19.3. The zero-order valence-electron chi connectivity index (χ0n) is 13.6. The molecular weight excluding hydrogens is 296 g/mol. The summed E-state index contributed by atoms with van der Waals surface area (Å²) in [7, 11) is 0. The van der Waals surface area contributed by atoms with E-state index in [9.17, 15) is 23.5 Å². The number of carboxylic acid groups (broad SMARTS) is 1. The summed E-state index contributed by atoms with van der Waals surface area (Å²) in [4.78, 5) is 23.9. The first-order chi connectivity index (χ1) is 9.99. The third-order valence-corrected chi connectivity index (χ3v) is 4.08. The molecule has 5 nitrogen and oxygen atoms in total. The van der Waals surface area contributed by atoms with Gasteiger partial charge in [0.1, 0.15) is 0 Å². The maximum absolute atomic E-state index is 13.9. The molecule has 1 rings (SSSR count). The summed E-state index contributed by atoms with van der Waals surface area (Å²) in [5.41, 5.74) is -0.351. The van der Waals surface area contributed by atoms with Crippen LogP contribution in [0.2, 0.25) is 0 Å². The molecule has 2 unspecified atom stereocenters. The van der Waals surface area contributed by atoms with Gasteiger partial charge in [0.25, 0.3) is 0 Å². The maximum Gasteiger partial charge on any atom is 0.407 e. The Kier molecular flexibility index (Phi) is 5.76. The Labute approximate surface area is 129 Å². The number of carbonyl (C=O) groups is 2. The van der Waals surface area contributed by atoms with Gasteiger partial charge >= 0.3 is 18.0 Å². The van der Waals surface area contributed by atoms with Crippen molar-refractivity contribution in [2.45, 2.75) is 58.9 Å². The van der Waals surface area contributed by atoms with Gasteiger partial charge in [0.05, 0.1) is 6.61 Å². The summed E-state index contributed by atoms with van der Waals surface area (Å²) < 4.78 is 32.1. The molecule has 128 valence electrons. The van der Waals surface area contributed by atoms with Gasteiger partial charge in [0.2, 0.25) is 0 Å². The van der Waals surface area contributed by atoms with Gasteiger partial charge in [0, 0.05) is 19.0 Å². The van der Waals surface area contributed by atoms with Gasteiger partial charge in [0.15, 0.2) is 0 Å². The molecule has 0 spiro atoms. The number of carbonyl (C=O) groups excluding carboxylic acids is 1. The van der Waals surface area contributed by atoms with E-state index in [1.807, 2.05) is 20.8 Å². The Morgan fingerprint density at radius 3 is 2.36 bits per heavy atom. The number of rotatable bonds is 4. The van der Waals surface area contributed by atoms with Gasteiger partial charge in [-0.3, -0.25) is 0 Å². The minimum atomic E-state index is -3.52. The van der Waals surface area contributed by atoms with E-state index in [1.54, 1.807) is 0 Å². The second kappa shape index (κ2) is 6.79. The average molecular weight is 321 g/mol. The Morgan fingerprint density at radius 1 is 1.32 bits per heavy atom. The highest BCUT2D eigenvalue weighted by molar-refractivity contribution is 5.77. The van der Waals surface area contributed by atoms with Crippen molar-refractivity contribution in [3.8, 4) is 0 Å². The Hall–Kier alpha value is -1.40. The van der Waals surface area contributed by atoms with E-state index in [0.29, 0.717) is 12.8 Å². The minimum absolute atomic E-state index is 0.0868. The van der Waals surface area contributed by atoms with Crippen molar-refractivity contribution in [1.29, 1.82) is 0 Å². The van der Waals surface area contributed by atoms with Gasteiger partial charge in [-0.05, 0) is 31.1 Å². The molecular formula is C15H25F2NO4. The van der Waals surface area contributed by atoms with Crippen LogP contribution < -0.4 is 0 Å². The summed E-state index contributed by atoms with van der Waals surface area (Å²) in [5, 5.41) is 9.25. The first-order valence-electron chi connectivity index (χ1n) is 7.53. The highest BCUT2D eigenvalue weighted by Crippen LogP contribution is 2.39. The van der Waals surface area contributed by atoms with Crippen LogP contribution in [0.1, 0.15) is 47.0 Å². The number of alkyl halides is 2. The largest absolute Gasteiger partial charge is 0.465 e. The molecule has 1 aliphatic rings. The standard InChI is InChI=1S/C15H25F2NO4/c1-5-22-12(19)15(16,17)9-10-6-7-18(13(20)21)11(8-10)14(2,3)4/h10-11H,5-9H2,1-4H3,(H,20,21). The van der Waals surface area contributed by atoms with Crippen molar-refractivity contribution in [1.82, 2.24) is 4.90 Å². The van der Waals surface area contributed by atoms with Crippen LogP contribution in [-0.2, 0) is 9.53 Å². The molecule has 1 saturated heterocycles. The van der Waals surface area contributed by atoms with Gasteiger partial charge in [-0.2, -0.15) is 8.78 Å². The third-order valence-electron chi connectivity index (χ3n) is 4.08. The molecule has 22 heavy (non-hydrogen) atoms. The summed E-state index contributed by atoms with van der Waals surface area (Å²) in [6.07, 6.45) is -0.972. The van der Waals surface area contributed by atoms with Crippen molar-refractivity contribution < 1.29 is 28.2 Å². The lowest BCUT2D eigenvalue weighted by atomic mass is 9.75. The average Bonchev–Trinajstić information content (AvgIpc) is 2.37. The van der Waals surface area contributed by atoms with E-state index >= 15 is 0 Å².